The molecule has 4 rings (SSSR count). The maximum Gasteiger partial charge on any atom is 0.325 e. The lowest BCUT2D eigenvalue weighted by Gasteiger charge is -2.12. The molecule has 0 aliphatic rings. The number of benzene rings is 2. The van der Waals surface area contributed by atoms with Gasteiger partial charge in [-0.15, -0.1) is 0 Å². The van der Waals surface area contributed by atoms with Crippen molar-refractivity contribution in [3.05, 3.63) is 76.6 Å². The highest BCUT2D eigenvalue weighted by molar-refractivity contribution is 5.99. The SMILES string of the molecule is Cc1cc(NC(=O)Nc2cccc(F)c2)cc(Oc2ccnc3[nH]c(=O)[nH]c23)c1. The van der Waals surface area contributed by atoms with Crippen LogP contribution in [-0.2, 0) is 0 Å². The summed E-state index contributed by atoms with van der Waals surface area (Å²) in [6, 6.07) is 11.9. The third kappa shape index (κ3) is 4.24. The molecule has 0 saturated carbocycles. The van der Waals surface area contributed by atoms with Gasteiger partial charge in [0.2, 0.25) is 0 Å². The number of carbonyl (C=O) groups excluding carboxylic acids is 1. The van der Waals surface area contributed by atoms with Crippen molar-refractivity contribution in [2.24, 2.45) is 0 Å². The van der Waals surface area contributed by atoms with Gasteiger partial charge in [-0.05, 0) is 42.8 Å². The van der Waals surface area contributed by atoms with E-state index in [1.54, 1.807) is 30.3 Å². The van der Waals surface area contributed by atoms with Crippen LogP contribution in [0.1, 0.15) is 5.56 Å². The number of nitrogens with one attached hydrogen (secondary N) is 4. The minimum absolute atomic E-state index is 0.335. The fourth-order valence-electron chi connectivity index (χ4n) is 2.86. The number of rotatable bonds is 4. The molecule has 2 amide bonds. The lowest BCUT2D eigenvalue weighted by atomic mass is 10.2. The van der Waals surface area contributed by atoms with Gasteiger partial charge in [0, 0.05) is 29.7 Å². The first-order chi connectivity index (χ1) is 14.0. The van der Waals surface area contributed by atoms with Crippen LogP contribution in [0.3, 0.4) is 0 Å². The van der Waals surface area contributed by atoms with Crippen LogP contribution in [0, 0.1) is 12.7 Å². The number of H-pyrrole nitrogens is 2. The molecule has 0 bridgehead atoms. The maximum atomic E-state index is 13.3. The van der Waals surface area contributed by atoms with Crippen molar-refractivity contribution in [1.82, 2.24) is 15.0 Å². The van der Waals surface area contributed by atoms with Gasteiger partial charge in [-0.1, -0.05) is 6.07 Å². The number of imidazole rings is 1. The molecule has 2 heterocycles. The van der Waals surface area contributed by atoms with Crippen LogP contribution in [0.5, 0.6) is 11.5 Å². The number of aromatic nitrogens is 3. The van der Waals surface area contributed by atoms with Crippen LogP contribution in [0.25, 0.3) is 11.2 Å². The monoisotopic (exact) mass is 393 g/mol. The predicted molar refractivity (Wildman–Crippen MR) is 107 cm³/mol. The molecule has 0 atom stereocenters. The first-order valence-corrected chi connectivity index (χ1v) is 8.66. The highest BCUT2D eigenvalue weighted by Gasteiger charge is 2.10. The number of urea groups is 1. The third-order valence-electron chi connectivity index (χ3n) is 4.00. The zero-order valence-corrected chi connectivity index (χ0v) is 15.2. The van der Waals surface area contributed by atoms with Gasteiger partial charge in [-0.2, -0.15) is 0 Å². The smallest absolute Gasteiger partial charge is 0.325 e. The summed E-state index contributed by atoms with van der Waals surface area (Å²) in [5, 5.41) is 5.25. The van der Waals surface area contributed by atoms with Crippen molar-refractivity contribution in [3.8, 4) is 11.5 Å². The minimum Gasteiger partial charge on any atom is -0.455 e. The standard InChI is InChI=1S/C20H16FN5O3/c1-11-7-14(24-19(27)23-13-4-2-3-12(21)9-13)10-15(8-11)29-16-5-6-22-18-17(16)25-20(28)26-18/h2-10H,1H3,(H2,23,24,27)(H2,22,25,26,28). The molecule has 8 nitrogen and oxygen atoms in total. The molecular formula is C20H16FN5O3. The molecule has 0 spiro atoms. The van der Waals surface area contributed by atoms with E-state index in [-0.39, 0.29) is 5.69 Å². The number of nitrogens with zero attached hydrogens (tertiary/aromatic N) is 1. The quantitative estimate of drug-likeness (QED) is 0.417. The van der Waals surface area contributed by atoms with Gasteiger partial charge < -0.3 is 20.4 Å². The van der Waals surface area contributed by atoms with Crippen LogP contribution >= 0.6 is 0 Å². The molecule has 0 aliphatic heterocycles. The zero-order valence-electron chi connectivity index (χ0n) is 15.2. The van der Waals surface area contributed by atoms with Gasteiger partial charge in [0.15, 0.2) is 11.4 Å². The Bertz CT molecular complexity index is 1260. The number of pyridine rings is 1. The number of aryl methyl sites for hydroxylation is 1. The summed E-state index contributed by atoms with van der Waals surface area (Å²) in [4.78, 5) is 33.0. The number of amides is 2. The molecule has 0 radical (unpaired) electrons. The first-order valence-electron chi connectivity index (χ1n) is 8.66. The van der Waals surface area contributed by atoms with Gasteiger partial charge in [-0.25, -0.2) is 19.0 Å². The average molecular weight is 393 g/mol. The summed E-state index contributed by atoms with van der Waals surface area (Å²) in [6.45, 7) is 1.85. The van der Waals surface area contributed by atoms with Crippen molar-refractivity contribution in [2.75, 3.05) is 10.6 Å². The van der Waals surface area contributed by atoms with Crippen LogP contribution in [0.4, 0.5) is 20.6 Å². The van der Waals surface area contributed by atoms with E-state index in [4.69, 9.17) is 4.74 Å². The molecule has 2 aromatic heterocycles. The minimum atomic E-state index is -0.520. The second-order valence-electron chi connectivity index (χ2n) is 6.34. The lowest BCUT2D eigenvalue weighted by Crippen LogP contribution is -2.19. The first kappa shape index (κ1) is 18.2. The van der Waals surface area contributed by atoms with Gasteiger partial charge >= 0.3 is 11.7 Å². The van der Waals surface area contributed by atoms with E-state index in [0.29, 0.717) is 34.0 Å². The second-order valence-corrected chi connectivity index (χ2v) is 6.34. The Balaban J connectivity index is 1.54. The molecule has 9 heteroatoms. The number of hydrogen-bond acceptors (Lipinski definition) is 4. The summed E-state index contributed by atoms with van der Waals surface area (Å²) >= 11 is 0. The van der Waals surface area contributed by atoms with Crippen molar-refractivity contribution in [1.29, 1.82) is 0 Å². The Morgan fingerprint density at radius 3 is 2.72 bits per heavy atom. The summed E-state index contributed by atoms with van der Waals surface area (Å²) in [6.07, 6.45) is 1.52. The molecule has 0 fully saturated rings. The zero-order chi connectivity index (χ0) is 20.4. The van der Waals surface area contributed by atoms with E-state index in [1.165, 1.54) is 24.4 Å². The Labute approximate surface area is 163 Å². The topological polar surface area (TPSA) is 112 Å². The highest BCUT2D eigenvalue weighted by atomic mass is 19.1. The van der Waals surface area contributed by atoms with E-state index in [2.05, 4.69) is 25.6 Å². The largest absolute Gasteiger partial charge is 0.455 e. The normalized spacial score (nSPS) is 10.7. The average Bonchev–Trinajstić information content (AvgIpc) is 3.02. The Hall–Kier alpha value is -4.14. The Kier molecular flexibility index (Phi) is 4.70. The fraction of sp³-hybridized carbons (Fsp3) is 0.0500. The van der Waals surface area contributed by atoms with E-state index in [0.717, 1.165) is 5.56 Å². The number of carbonyl (C=O) groups is 1. The molecular weight excluding hydrogens is 377 g/mol. The summed E-state index contributed by atoms with van der Waals surface area (Å²) in [5.41, 5.74) is 2.11. The predicted octanol–water partition coefficient (Wildman–Crippen LogP) is 4.14. The number of halogens is 1. The van der Waals surface area contributed by atoms with Gasteiger partial charge in [0.05, 0.1) is 0 Å². The lowest BCUT2D eigenvalue weighted by molar-refractivity contribution is 0.262. The van der Waals surface area contributed by atoms with Crippen molar-refractivity contribution < 1.29 is 13.9 Å². The summed E-state index contributed by atoms with van der Waals surface area (Å²) < 4.78 is 19.1. The number of aromatic amines is 2. The molecule has 0 unspecified atom stereocenters. The molecule has 146 valence electrons. The van der Waals surface area contributed by atoms with Gasteiger partial charge in [0.1, 0.15) is 17.1 Å². The Morgan fingerprint density at radius 1 is 1.07 bits per heavy atom. The molecule has 4 aromatic rings. The molecule has 29 heavy (non-hydrogen) atoms. The fourth-order valence-corrected chi connectivity index (χ4v) is 2.86. The van der Waals surface area contributed by atoms with Gasteiger partial charge in [-0.3, -0.25) is 4.98 Å². The van der Waals surface area contributed by atoms with Crippen LogP contribution in [0.15, 0.2) is 59.5 Å². The highest BCUT2D eigenvalue weighted by Crippen LogP contribution is 2.29. The maximum absolute atomic E-state index is 13.3. The summed E-state index contributed by atoms with van der Waals surface area (Å²) in [7, 11) is 0. The van der Waals surface area contributed by atoms with Crippen LogP contribution in [-0.4, -0.2) is 21.0 Å². The van der Waals surface area contributed by atoms with Crippen molar-refractivity contribution in [3.63, 3.8) is 0 Å². The van der Waals surface area contributed by atoms with E-state index < -0.39 is 11.8 Å². The number of hydrogen-bond donors (Lipinski definition) is 4. The van der Waals surface area contributed by atoms with Crippen molar-refractivity contribution >= 4 is 28.6 Å². The van der Waals surface area contributed by atoms with Crippen LogP contribution in [0.2, 0.25) is 0 Å². The molecule has 0 aliphatic carbocycles. The number of ether oxygens (including phenoxy) is 1. The molecule has 2 aromatic carbocycles. The third-order valence-corrected chi connectivity index (χ3v) is 4.00. The number of anilines is 2. The van der Waals surface area contributed by atoms with Crippen LogP contribution < -0.4 is 21.1 Å². The molecule has 0 saturated heterocycles. The van der Waals surface area contributed by atoms with E-state index in [1.807, 2.05) is 6.92 Å². The van der Waals surface area contributed by atoms with E-state index >= 15 is 0 Å². The summed E-state index contributed by atoms with van der Waals surface area (Å²) in [5.74, 6) is 0.426. The molecule has 4 N–H and O–H groups in total. The van der Waals surface area contributed by atoms with E-state index in [9.17, 15) is 14.0 Å². The Morgan fingerprint density at radius 2 is 1.90 bits per heavy atom. The van der Waals surface area contributed by atoms with Crippen molar-refractivity contribution in [2.45, 2.75) is 6.92 Å². The van der Waals surface area contributed by atoms with Gasteiger partial charge in [0.25, 0.3) is 0 Å². The second kappa shape index (κ2) is 7.47. The number of fused-ring (bicyclic) bond motifs is 1.